The molecule has 7 nitrogen and oxygen atoms in total. The van der Waals surface area contributed by atoms with Crippen molar-refractivity contribution in [2.75, 3.05) is 7.11 Å². The Bertz CT molecular complexity index is 785. The van der Waals surface area contributed by atoms with Gasteiger partial charge in [0.25, 0.3) is 0 Å². The monoisotopic (exact) mass is 284 g/mol. The minimum absolute atomic E-state index is 0.285. The van der Waals surface area contributed by atoms with E-state index in [0.717, 1.165) is 10.9 Å². The Hall–Kier alpha value is -2.96. The maximum atomic E-state index is 11.1. The first-order valence-electron chi connectivity index (χ1n) is 6.21. The number of methoxy groups -OCH3 is 1. The number of fused-ring (bicyclic) bond motifs is 1. The summed E-state index contributed by atoms with van der Waals surface area (Å²) < 4.78 is 10.6. The van der Waals surface area contributed by atoms with Gasteiger partial charge >= 0.3 is 0 Å². The Morgan fingerprint density at radius 1 is 1.33 bits per heavy atom. The lowest BCUT2D eigenvalue weighted by molar-refractivity contribution is 0.111. The summed E-state index contributed by atoms with van der Waals surface area (Å²) in [4.78, 5) is 19.3. The maximum absolute atomic E-state index is 11.1. The van der Waals surface area contributed by atoms with E-state index in [1.54, 1.807) is 12.4 Å². The van der Waals surface area contributed by atoms with Gasteiger partial charge in [-0.15, -0.1) is 0 Å². The van der Waals surface area contributed by atoms with Crippen LogP contribution >= 0.6 is 0 Å². The number of nitrogens with zero attached hydrogens (tertiary/aromatic N) is 3. The second-order valence-corrected chi connectivity index (χ2v) is 4.27. The van der Waals surface area contributed by atoms with Crippen LogP contribution in [0.4, 0.5) is 0 Å². The van der Waals surface area contributed by atoms with E-state index in [0.29, 0.717) is 29.1 Å². The minimum Gasteiger partial charge on any atom is -0.487 e. The number of hydrogen-bond donors (Lipinski definition) is 1. The van der Waals surface area contributed by atoms with Crippen LogP contribution in [0.3, 0.4) is 0 Å². The fourth-order valence-electron chi connectivity index (χ4n) is 1.95. The molecule has 0 unspecified atom stereocenters. The predicted molar refractivity (Wildman–Crippen MR) is 74.4 cm³/mol. The SMILES string of the molecule is COc1cc(C=O)c(OCc2ccnc3[nH]ncc23)cn1. The Morgan fingerprint density at radius 3 is 3.05 bits per heavy atom. The molecule has 7 heteroatoms. The Kier molecular flexibility index (Phi) is 3.46. The maximum Gasteiger partial charge on any atom is 0.213 e. The Balaban J connectivity index is 1.84. The van der Waals surface area contributed by atoms with Crippen molar-refractivity contribution >= 4 is 17.3 Å². The number of pyridine rings is 2. The van der Waals surface area contributed by atoms with Crippen molar-refractivity contribution in [1.82, 2.24) is 20.2 Å². The van der Waals surface area contributed by atoms with E-state index in [2.05, 4.69) is 20.2 Å². The lowest BCUT2D eigenvalue weighted by Gasteiger charge is -2.09. The summed E-state index contributed by atoms with van der Waals surface area (Å²) in [7, 11) is 1.49. The van der Waals surface area contributed by atoms with E-state index in [1.165, 1.54) is 19.4 Å². The highest BCUT2D eigenvalue weighted by Crippen LogP contribution is 2.22. The van der Waals surface area contributed by atoms with E-state index in [9.17, 15) is 4.79 Å². The zero-order valence-electron chi connectivity index (χ0n) is 11.2. The smallest absolute Gasteiger partial charge is 0.213 e. The Morgan fingerprint density at radius 2 is 2.24 bits per heavy atom. The number of nitrogens with one attached hydrogen (secondary N) is 1. The van der Waals surface area contributed by atoms with E-state index >= 15 is 0 Å². The molecule has 0 saturated heterocycles. The molecular weight excluding hydrogens is 272 g/mol. The van der Waals surface area contributed by atoms with Crippen LogP contribution in [0, 0.1) is 0 Å². The molecule has 0 amide bonds. The molecule has 0 radical (unpaired) electrons. The number of aromatic nitrogens is 4. The summed E-state index contributed by atoms with van der Waals surface area (Å²) in [5, 5.41) is 7.62. The summed E-state index contributed by atoms with van der Waals surface area (Å²) in [6.45, 7) is 0.285. The number of aromatic amines is 1. The van der Waals surface area contributed by atoms with Gasteiger partial charge in [-0.05, 0) is 6.07 Å². The molecule has 3 rings (SSSR count). The minimum atomic E-state index is 0.285. The highest BCUT2D eigenvalue weighted by Gasteiger charge is 2.09. The molecule has 3 aromatic rings. The van der Waals surface area contributed by atoms with Gasteiger partial charge in [0.1, 0.15) is 12.4 Å². The van der Waals surface area contributed by atoms with Crippen LogP contribution < -0.4 is 9.47 Å². The van der Waals surface area contributed by atoms with Crippen LogP contribution in [-0.4, -0.2) is 33.6 Å². The van der Waals surface area contributed by atoms with Gasteiger partial charge in [-0.1, -0.05) is 0 Å². The quantitative estimate of drug-likeness (QED) is 0.718. The normalized spacial score (nSPS) is 10.5. The number of ether oxygens (including phenoxy) is 2. The molecule has 0 bridgehead atoms. The zero-order valence-corrected chi connectivity index (χ0v) is 11.2. The number of carbonyl (C=O) groups excluding carboxylic acids is 1. The van der Waals surface area contributed by atoms with Gasteiger partial charge in [0.15, 0.2) is 11.9 Å². The third-order valence-corrected chi connectivity index (χ3v) is 3.04. The van der Waals surface area contributed by atoms with E-state index in [-0.39, 0.29) is 6.61 Å². The number of hydrogen-bond acceptors (Lipinski definition) is 6. The van der Waals surface area contributed by atoms with Gasteiger partial charge in [0.05, 0.1) is 25.1 Å². The molecule has 3 heterocycles. The van der Waals surface area contributed by atoms with Crippen LogP contribution in [0.25, 0.3) is 11.0 Å². The van der Waals surface area contributed by atoms with Crippen molar-refractivity contribution in [3.63, 3.8) is 0 Å². The van der Waals surface area contributed by atoms with Crippen molar-refractivity contribution in [1.29, 1.82) is 0 Å². The molecule has 106 valence electrons. The van der Waals surface area contributed by atoms with Crippen molar-refractivity contribution < 1.29 is 14.3 Å². The van der Waals surface area contributed by atoms with Crippen molar-refractivity contribution in [2.45, 2.75) is 6.61 Å². The second kappa shape index (κ2) is 5.58. The molecule has 0 spiro atoms. The molecule has 0 atom stereocenters. The highest BCUT2D eigenvalue weighted by atomic mass is 16.5. The van der Waals surface area contributed by atoms with Crippen LogP contribution in [0.5, 0.6) is 11.6 Å². The largest absolute Gasteiger partial charge is 0.487 e. The summed E-state index contributed by atoms with van der Waals surface area (Å²) in [5.74, 6) is 0.768. The number of H-pyrrole nitrogens is 1. The summed E-state index contributed by atoms with van der Waals surface area (Å²) in [6.07, 6.45) is 5.54. The molecule has 0 aliphatic heterocycles. The van der Waals surface area contributed by atoms with E-state index in [4.69, 9.17) is 9.47 Å². The third kappa shape index (κ3) is 2.53. The first kappa shape index (κ1) is 13.0. The molecule has 3 aromatic heterocycles. The highest BCUT2D eigenvalue weighted by molar-refractivity contribution is 5.80. The van der Waals surface area contributed by atoms with E-state index in [1.807, 2.05) is 6.07 Å². The number of aldehydes is 1. The first-order valence-corrected chi connectivity index (χ1v) is 6.21. The lowest BCUT2D eigenvalue weighted by atomic mass is 10.2. The number of rotatable bonds is 5. The second-order valence-electron chi connectivity index (χ2n) is 4.27. The third-order valence-electron chi connectivity index (χ3n) is 3.04. The molecular formula is C14H12N4O3. The molecule has 0 aromatic carbocycles. The average molecular weight is 284 g/mol. The van der Waals surface area contributed by atoms with Gasteiger partial charge in [-0.25, -0.2) is 9.97 Å². The van der Waals surface area contributed by atoms with Gasteiger partial charge in [0, 0.05) is 23.2 Å². The molecule has 1 N–H and O–H groups in total. The number of carbonyl (C=O) groups is 1. The standard InChI is InChI=1S/C14H12N4O3/c1-20-13-4-10(7-19)12(6-16-13)21-8-9-2-3-15-14-11(9)5-17-18-14/h2-7H,8H2,1H3,(H,15,17,18). The summed E-state index contributed by atoms with van der Waals surface area (Å²) >= 11 is 0. The van der Waals surface area contributed by atoms with Gasteiger partial charge in [-0.2, -0.15) is 5.10 Å². The van der Waals surface area contributed by atoms with Crippen LogP contribution in [0.1, 0.15) is 15.9 Å². The van der Waals surface area contributed by atoms with Gasteiger partial charge in [-0.3, -0.25) is 9.89 Å². The van der Waals surface area contributed by atoms with E-state index < -0.39 is 0 Å². The molecule has 0 aliphatic carbocycles. The summed E-state index contributed by atoms with van der Waals surface area (Å²) in [5.41, 5.74) is 2.00. The first-order chi connectivity index (χ1) is 10.3. The predicted octanol–water partition coefficient (Wildman–Crippen LogP) is 1.75. The average Bonchev–Trinajstić information content (AvgIpc) is 3.01. The van der Waals surface area contributed by atoms with Crippen molar-refractivity contribution in [3.05, 3.63) is 41.9 Å². The summed E-state index contributed by atoms with van der Waals surface area (Å²) in [6, 6.07) is 3.37. The topological polar surface area (TPSA) is 90.0 Å². The molecule has 0 saturated carbocycles. The van der Waals surface area contributed by atoms with Crippen molar-refractivity contribution in [3.8, 4) is 11.6 Å². The van der Waals surface area contributed by atoms with Crippen LogP contribution in [0.15, 0.2) is 30.7 Å². The van der Waals surface area contributed by atoms with Crippen LogP contribution in [-0.2, 0) is 6.61 Å². The fourth-order valence-corrected chi connectivity index (χ4v) is 1.95. The molecule has 21 heavy (non-hydrogen) atoms. The van der Waals surface area contributed by atoms with Crippen LogP contribution in [0.2, 0.25) is 0 Å². The zero-order chi connectivity index (χ0) is 14.7. The van der Waals surface area contributed by atoms with Crippen molar-refractivity contribution in [2.24, 2.45) is 0 Å². The lowest BCUT2D eigenvalue weighted by Crippen LogP contribution is -2.00. The van der Waals surface area contributed by atoms with Gasteiger partial charge < -0.3 is 9.47 Å². The van der Waals surface area contributed by atoms with Gasteiger partial charge in [0.2, 0.25) is 5.88 Å². The Labute approximate surface area is 119 Å². The molecule has 0 fully saturated rings. The molecule has 0 aliphatic rings. The fraction of sp³-hybridized carbons (Fsp3) is 0.143.